The lowest BCUT2D eigenvalue weighted by Crippen LogP contribution is -2.35. The van der Waals surface area contributed by atoms with Crippen LogP contribution >= 0.6 is 0 Å². The minimum absolute atomic E-state index is 0.201. The van der Waals surface area contributed by atoms with E-state index in [1.54, 1.807) is 6.07 Å². The number of anilines is 1. The zero-order chi connectivity index (χ0) is 19.8. The highest BCUT2D eigenvalue weighted by Gasteiger charge is 2.32. The van der Waals surface area contributed by atoms with E-state index in [1.807, 2.05) is 26.0 Å². The van der Waals surface area contributed by atoms with E-state index >= 15 is 0 Å². The van der Waals surface area contributed by atoms with Crippen molar-refractivity contribution in [2.75, 3.05) is 11.9 Å². The minimum atomic E-state index is -1.21. The van der Waals surface area contributed by atoms with Crippen molar-refractivity contribution in [1.29, 1.82) is 0 Å². The second-order valence-electron chi connectivity index (χ2n) is 7.66. The molecule has 2 aromatic rings. The number of ether oxygens (including phenoxy) is 2. The van der Waals surface area contributed by atoms with Crippen LogP contribution in [-0.2, 0) is 21.5 Å². The number of carboxylic acids is 1. The van der Waals surface area contributed by atoms with E-state index in [4.69, 9.17) is 9.47 Å². The van der Waals surface area contributed by atoms with Crippen molar-refractivity contribution in [3.63, 3.8) is 0 Å². The molecule has 8 nitrogen and oxygen atoms in total. The van der Waals surface area contributed by atoms with E-state index < -0.39 is 11.5 Å². The van der Waals surface area contributed by atoms with Gasteiger partial charge in [-0.15, -0.1) is 0 Å². The Morgan fingerprint density at radius 1 is 1.41 bits per heavy atom. The Labute approximate surface area is 157 Å². The summed E-state index contributed by atoms with van der Waals surface area (Å²) in [7, 11) is 0. The molecule has 1 aromatic carbocycles. The largest absolute Gasteiger partial charge is 0.483 e. The predicted molar refractivity (Wildman–Crippen MR) is 98.2 cm³/mol. The Balaban J connectivity index is 1.62. The zero-order valence-corrected chi connectivity index (χ0v) is 15.8. The first-order chi connectivity index (χ1) is 12.6. The summed E-state index contributed by atoms with van der Waals surface area (Å²) in [5.74, 6) is -0.201. The lowest BCUT2D eigenvalue weighted by molar-refractivity contribution is -0.146. The molecule has 1 aliphatic rings. The molecule has 8 heteroatoms. The molecule has 2 N–H and O–H groups in total. The first-order valence-electron chi connectivity index (χ1n) is 8.60. The van der Waals surface area contributed by atoms with Crippen molar-refractivity contribution < 1.29 is 24.2 Å². The van der Waals surface area contributed by atoms with Crippen LogP contribution in [0, 0.1) is 0 Å². The summed E-state index contributed by atoms with van der Waals surface area (Å²) >= 11 is 0. The summed E-state index contributed by atoms with van der Waals surface area (Å²) in [4.78, 5) is 23.4. The molecule has 0 fully saturated rings. The number of rotatable bonds is 6. The van der Waals surface area contributed by atoms with Crippen LogP contribution < -0.4 is 14.8 Å². The highest BCUT2D eigenvalue weighted by atomic mass is 16.5. The summed E-state index contributed by atoms with van der Waals surface area (Å²) in [6.45, 7) is 6.84. The van der Waals surface area contributed by atoms with Gasteiger partial charge in [-0.1, -0.05) is 12.1 Å². The maximum absolute atomic E-state index is 12.2. The molecular formula is C19H23N3O5. The first kappa shape index (κ1) is 18.8. The Kier molecular flexibility index (Phi) is 4.59. The third-order valence-corrected chi connectivity index (χ3v) is 4.38. The van der Waals surface area contributed by atoms with Crippen LogP contribution in [-0.4, -0.2) is 39.0 Å². The second kappa shape index (κ2) is 6.61. The smallest absolute Gasteiger partial charge is 0.331 e. The van der Waals surface area contributed by atoms with Crippen molar-refractivity contribution in [3.05, 3.63) is 36.2 Å². The van der Waals surface area contributed by atoms with E-state index in [1.165, 1.54) is 30.9 Å². The molecule has 0 atom stereocenters. The van der Waals surface area contributed by atoms with Crippen LogP contribution in [0.1, 0.15) is 33.3 Å². The number of aliphatic carboxylic acids is 1. The fraction of sp³-hybridized carbons (Fsp3) is 0.421. The Morgan fingerprint density at radius 2 is 2.15 bits per heavy atom. The molecule has 2 heterocycles. The molecular weight excluding hydrogens is 350 g/mol. The molecule has 1 aliphatic heterocycles. The zero-order valence-electron chi connectivity index (χ0n) is 15.8. The van der Waals surface area contributed by atoms with Gasteiger partial charge in [0.15, 0.2) is 23.6 Å². The van der Waals surface area contributed by atoms with Gasteiger partial charge in [0.25, 0.3) is 5.91 Å². The molecule has 0 unspecified atom stereocenters. The van der Waals surface area contributed by atoms with Crippen LogP contribution in [0.3, 0.4) is 0 Å². The number of carboxylic acid groups (broad SMARTS) is 1. The monoisotopic (exact) mass is 373 g/mol. The number of nitrogens with zero attached hydrogens (tertiary/aromatic N) is 2. The van der Waals surface area contributed by atoms with Crippen LogP contribution in [0.2, 0.25) is 0 Å². The number of carbonyl (C=O) groups is 2. The second-order valence-corrected chi connectivity index (χ2v) is 7.66. The molecule has 0 saturated heterocycles. The molecule has 27 heavy (non-hydrogen) atoms. The van der Waals surface area contributed by atoms with Crippen molar-refractivity contribution in [3.8, 4) is 11.5 Å². The van der Waals surface area contributed by atoms with Crippen molar-refractivity contribution >= 4 is 17.6 Å². The Bertz CT molecular complexity index is 885. The van der Waals surface area contributed by atoms with E-state index in [2.05, 4.69) is 10.4 Å². The van der Waals surface area contributed by atoms with E-state index in [0.717, 1.165) is 12.0 Å². The fourth-order valence-corrected chi connectivity index (χ4v) is 2.83. The van der Waals surface area contributed by atoms with Crippen molar-refractivity contribution in [1.82, 2.24) is 9.78 Å². The summed E-state index contributed by atoms with van der Waals surface area (Å²) < 4.78 is 12.8. The molecule has 0 saturated carbocycles. The van der Waals surface area contributed by atoms with E-state index in [9.17, 15) is 14.7 Å². The quantitative estimate of drug-likeness (QED) is 0.806. The molecule has 0 radical (unpaired) electrons. The highest BCUT2D eigenvalue weighted by molar-refractivity contribution is 5.91. The molecule has 0 bridgehead atoms. The highest BCUT2D eigenvalue weighted by Crippen LogP contribution is 2.41. The minimum Gasteiger partial charge on any atom is -0.483 e. The summed E-state index contributed by atoms with van der Waals surface area (Å²) in [5, 5.41) is 15.9. The number of nitrogens with one attached hydrogen (secondary N) is 1. The maximum Gasteiger partial charge on any atom is 0.331 e. The number of hydrogen-bond donors (Lipinski definition) is 2. The lowest BCUT2D eigenvalue weighted by atomic mass is 10.0. The number of benzene rings is 1. The summed E-state index contributed by atoms with van der Waals surface area (Å²) in [6.07, 6.45) is 3.65. The van der Waals surface area contributed by atoms with Crippen molar-refractivity contribution in [2.24, 2.45) is 0 Å². The Hall–Kier alpha value is -3.03. The number of fused-ring (bicyclic) bond motifs is 1. The number of carbonyl (C=O) groups excluding carboxylic acids is 1. The molecule has 1 aromatic heterocycles. The standard InChI is InChI=1S/C19H23N3O5/c1-18(2)8-12-6-5-7-14(16(12)27-18)26-11-15(23)21-13-9-20-22(10-13)19(3,4)17(24)25/h5-7,9-10H,8,11H2,1-4H3,(H,21,23)(H,24,25). The van der Waals surface area contributed by atoms with Gasteiger partial charge in [-0.2, -0.15) is 5.10 Å². The predicted octanol–water partition coefficient (Wildman–Crippen LogP) is 2.43. The lowest BCUT2D eigenvalue weighted by Gasteiger charge is -2.19. The van der Waals surface area contributed by atoms with Gasteiger partial charge < -0.3 is 19.9 Å². The summed E-state index contributed by atoms with van der Waals surface area (Å²) in [6, 6.07) is 5.62. The maximum atomic E-state index is 12.2. The van der Waals surface area contributed by atoms with Crippen LogP contribution in [0.25, 0.3) is 0 Å². The molecule has 0 spiro atoms. The van der Waals surface area contributed by atoms with Crippen LogP contribution in [0.15, 0.2) is 30.6 Å². The number of hydrogen-bond acceptors (Lipinski definition) is 5. The van der Waals surface area contributed by atoms with Gasteiger partial charge >= 0.3 is 5.97 Å². The first-order valence-corrected chi connectivity index (χ1v) is 8.60. The molecule has 144 valence electrons. The van der Waals surface area contributed by atoms with Gasteiger partial charge in [0.1, 0.15) is 5.60 Å². The van der Waals surface area contributed by atoms with E-state index in [-0.39, 0.29) is 18.1 Å². The normalized spacial score (nSPS) is 15.0. The molecule has 3 rings (SSSR count). The number of aromatic nitrogens is 2. The SMILES string of the molecule is CC1(C)Cc2cccc(OCC(=O)Nc3cnn(C(C)(C)C(=O)O)c3)c2O1. The number of para-hydroxylation sites is 1. The van der Waals surface area contributed by atoms with Gasteiger partial charge in [-0.05, 0) is 33.8 Å². The average Bonchev–Trinajstić information content (AvgIpc) is 3.15. The average molecular weight is 373 g/mol. The van der Waals surface area contributed by atoms with Crippen molar-refractivity contribution in [2.45, 2.75) is 45.3 Å². The van der Waals surface area contributed by atoms with Gasteiger partial charge in [0.2, 0.25) is 0 Å². The van der Waals surface area contributed by atoms with Crippen LogP contribution in [0.4, 0.5) is 5.69 Å². The molecule has 1 amide bonds. The van der Waals surface area contributed by atoms with Gasteiger partial charge in [-0.3, -0.25) is 9.48 Å². The third-order valence-electron chi connectivity index (χ3n) is 4.38. The van der Waals surface area contributed by atoms with Crippen LogP contribution in [0.5, 0.6) is 11.5 Å². The topological polar surface area (TPSA) is 103 Å². The third kappa shape index (κ3) is 3.89. The fourth-order valence-electron chi connectivity index (χ4n) is 2.83. The number of amides is 1. The van der Waals surface area contributed by atoms with Gasteiger partial charge in [0.05, 0.1) is 11.9 Å². The molecule has 0 aliphatic carbocycles. The van der Waals surface area contributed by atoms with Gasteiger partial charge in [-0.25, -0.2) is 4.79 Å². The Morgan fingerprint density at radius 3 is 2.85 bits per heavy atom. The van der Waals surface area contributed by atoms with E-state index in [0.29, 0.717) is 17.2 Å². The summed E-state index contributed by atoms with van der Waals surface area (Å²) in [5.41, 5.74) is -0.0623. The van der Waals surface area contributed by atoms with Gasteiger partial charge in [0, 0.05) is 18.2 Å².